The van der Waals surface area contributed by atoms with Crippen LogP contribution in [0.4, 0.5) is 0 Å². The average molecular weight is 209 g/mol. The van der Waals surface area contributed by atoms with Gasteiger partial charge in [-0.2, -0.15) is 0 Å². The predicted molar refractivity (Wildman–Crippen MR) is 53.8 cm³/mol. The van der Waals surface area contributed by atoms with E-state index in [1.54, 1.807) is 0 Å². The minimum atomic E-state index is -0.999. The van der Waals surface area contributed by atoms with E-state index in [1.807, 2.05) is 0 Å². The number of carbonyl (C=O) groups is 1. The standard InChI is InChI=1S/C11H15NO3/c1-11(2)5-3-4-7(11)9-8(10(13)14)12-6-15-9/h6-7H,3-5H2,1-2H3,(H,13,14). The third-order valence-electron chi connectivity index (χ3n) is 3.37. The first-order chi connectivity index (χ1) is 7.02. The zero-order valence-corrected chi connectivity index (χ0v) is 8.99. The van der Waals surface area contributed by atoms with Crippen molar-refractivity contribution in [2.24, 2.45) is 5.41 Å². The van der Waals surface area contributed by atoms with Crippen LogP contribution in [0.2, 0.25) is 0 Å². The summed E-state index contributed by atoms with van der Waals surface area (Å²) in [6.07, 6.45) is 4.45. The van der Waals surface area contributed by atoms with Gasteiger partial charge in [-0.1, -0.05) is 20.3 Å². The van der Waals surface area contributed by atoms with E-state index in [2.05, 4.69) is 18.8 Å². The molecule has 0 radical (unpaired) electrons. The molecule has 1 aromatic heterocycles. The second kappa shape index (κ2) is 3.36. The van der Waals surface area contributed by atoms with Gasteiger partial charge in [0.2, 0.25) is 0 Å². The lowest BCUT2D eigenvalue weighted by molar-refractivity contribution is 0.0686. The molecule has 1 heterocycles. The maximum atomic E-state index is 10.9. The third kappa shape index (κ3) is 1.64. The van der Waals surface area contributed by atoms with Crippen molar-refractivity contribution in [1.29, 1.82) is 0 Å². The van der Waals surface area contributed by atoms with Crippen molar-refractivity contribution in [2.75, 3.05) is 0 Å². The largest absolute Gasteiger partial charge is 0.476 e. The Balaban J connectivity index is 2.37. The van der Waals surface area contributed by atoms with Crippen LogP contribution in [0, 0.1) is 5.41 Å². The Morgan fingerprint density at radius 1 is 1.67 bits per heavy atom. The van der Waals surface area contributed by atoms with Crippen molar-refractivity contribution in [3.05, 3.63) is 17.8 Å². The van der Waals surface area contributed by atoms with Crippen molar-refractivity contribution in [3.8, 4) is 0 Å². The number of oxazole rings is 1. The first-order valence-corrected chi connectivity index (χ1v) is 5.19. The first-order valence-electron chi connectivity index (χ1n) is 5.19. The van der Waals surface area contributed by atoms with Crippen LogP contribution < -0.4 is 0 Å². The summed E-state index contributed by atoms with van der Waals surface area (Å²) in [7, 11) is 0. The second-order valence-electron chi connectivity index (χ2n) is 4.80. The Morgan fingerprint density at radius 3 is 2.93 bits per heavy atom. The van der Waals surface area contributed by atoms with Crippen molar-refractivity contribution >= 4 is 5.97 Å². The summed E-state index contributed by atoms with van der Waals surface area (Å²) in [5, 5.41) is 8.96. The average Bonchev–Trinajstić information content (AvgIpc) is 2.69. The molecule has 1 saturated carbocycles. The van der Waals surface area contributed by atoms with Crippen LogP contribution in [-0.4, -0.2) is 16.1 Å². The molecule has 1 N–H and O–H groups in total. The Labute approximate surface area is 88.3 Å². The van der Waals surface area contributed by atoms with Gasteiger partial charge in [0, 0.05) is 5.92 Å². The van der Waals surface area contributed by atoms with E-state index >= 15 is 0 Å². The topological polar surface area (TPSA) is 63.3 Å². The van der Waals surface area contributed by atoms with Crippen molar-refractivity contribution in [2.45, 2.75) is 39.0 Å². The fourth-order valence-electron chi connectivity index (χ4n) is 2.48. The highest BCUT2D eigenvalue weighted by Crippen LogP contribution is 2.49. The summed E-state index contributed by atoms with van der Waals surface area (Å²) in [5.74, 6) is -0.266. The fraction of sp³-hybridized carbons (Fsp3) is 0.636. The highest BCUT2D eigenvalue weighted by atomic mass is 16.4. The molecule has 0 spiro atoms. The maximum Gasteiger partial charge on any atom is 0.358 e. The van der Waals surface area contributed by atoms with Crippen LogP contribution >= 0.6 is 0 Å². The molecule has 82 valence electrons. The molecule has 0 bridgehead atoms. The van der Waals surface area contributed by atoms with E-state index < -0.39 is 5.97 Å². The molecule has 0 aromatic carbocycles. The number of hydrogen-bond donors (Lipinski definition) is 1. The number of hydrogen-bond acceptors (Lipinski definition) is 3. The molecule has 4 nitrogen and oxygen atoms in total. The molecule has 0 saturated heterocycles. The molecule has 0 aliphatic heterocycles. The van der Waals surface area contributed by atoms with Crippen LogP contribution in [0.15, 0.2) is 10.8 Å². The lowest BCUT2D eigenvalue weighted by Gasteiger charge is -2.25. The van der Waals surface area contributed by atoms with Gasteiger partial charge in [0.15, 0.2) is 12.1 Å². The van der Waals surface area contributed by atoms with Crippen molar-refractivity contribution in [1.82, 2.24) is 4.98 Å². The molecule has 1 atom stereocenters. The van der Waals surface area contributed by atoms with E-state index in [4.69, 9.17) is 9.52 Å². The lowest BCUT2D eigenvalue weighted by Crippen LogP contribution is -2.17. The summed E-state index contributed by atoms with van der Waals surface area (Å²) < 4.78 is 5.25. The fourth-order valence-corrected chi connectivity index (χ4v) is 2.48. The van der Waals surface area contributed by atoms with Gasteiger partial charge in [0.1, 0.15) is 5.76 Å². The number of aromatic nitrogens is 1. The van der Waals surface area contributed by atoms with Gasteiger partial charge in [0.25, 0.3) is 0 Å². The van der Waals surface area contributed by atoms with Gasteiger partial charge in [-0.3, -0.25) is 0 Å². The number of nitrogens with zero attached hydrogens (tertiary/aromatic N) is 1. The van der Waals surface area contributed by atoms with Gasteiger partial charge in [-0.15, -0.1) is 0 Å². The minimum absolute atomic E-state index is 0.0787. The van der Waals surface area contributed by atoms with Gasteiger partial charge in [-0.25, -0.2) is 9.78 Å². The Hall–Kier alpha value is -1.32. The van der Waals surface area contributed by atoms with E-state index in [-0.39, 0.29) is 17.0 Å². The normalized spacial score (nSPS) is 24.3. The van der Waals surface area contributed by atoms with Crippen LogP contribution in [0.1, 0.15) is 55.3 Å². The molecule has 0 amide bonds. The SMILES string of the molecule is CC1(C)CCCC1c1ocnc1C(=O)O. The maximum absolute atomic E-state index is 10.9. The molecular weight excluding hydrogens is 194 g/mol. The van der Waals surface area contributed by atoms with Crippen molar-refractivity contribution in [3.63, 3.8) is 0 Å². The number of aromatic carboxylic acids is 1. The highest BCUT2D eigenvalue weighted by molar-refractivity contribution is 5.86. The third-order valence-corrected chi connectivity index (χ3v) is 3.37. The van der Waals surface area contributed by atoms with Crippen LogP contribution in [-0.2, 0) is 0 Å². The molecule has 1 aliphatic carbocycles. The Kier molecular flexibility index (Phi) is 2.29. The highest BCUT2D eigenvalue weighted by Gasteiger charge is 2.40. The second-order valence-corrected chi connectivity index (χ2v) is 4.80. The number of carboxylic acid groups (broad SMARTS) is 1. The zero-order valence-electron chi connectivity index (χ0n) is 8.99. The summed E-state index contributed by atoms with van der Waals surface area (Å²) in [5.41, 5.74) is 0.193. The monoisotopic (exact) mass is 209 g/mol. The molecule has 1 unspecified atom stereocenters. The molecule has 1 aliphatic rings. The summed E-state index contributed by atoms with van der Waals surface area (Å²) >= 11 is 0. The predicted octanol–water partition coefficient (Wildman–Crippen LogP) is 2.67. The molecular formula is C11H15NO3. The summed E-state index contributed by atoms with van der Waals surface area (Å²) in [6, 6.07) is 0. The number of rotatable bonds is 2. The molecule has 1 aromatic rings. The van der Waals surface area contributed by atoms with Crippen LogP contribution in [0.3, 0.4) is 0 Å². The molecule has 1 fully saturated rings. The minimum Gasteiger partial charge on any atom is -0.476 e. The van der Waals surface area contributed by atoms with E-state index in [0.29, 0.717) is 5.76 Å². The zero-order chi connectivity index (χ0) is 11.1. The van der Waals surface area contributed by atoms with Crippen LogP contribution in [0.25, 0.3) is 0 Å². The van der Waals surface area contributed by atoms with E-state index in [0.717, 1.165) is 19.3 Å². The first kappa shape index (κ1) is 10.2. The molecule has 2 rings (SSSR count). The Bertz CT molecular complexity index is 381. The lowest BCUT2D eigenvalue weighted by atomic mass is 9.80. The van der Waals surface area contributed by atoms with Gasteiger partial charge in [-0.05, 0) is 18.3 Å². The summed E-state index contributed by atoms with van der Waals surface area (Å²) in [6.45, 7) is 4.30. The van der Waals surface area contributed by atoms with Gasteiger partial charge in [0.05, 0.1) is 0 Å². The van der Waals surface area contributed by atoms with E-state index in [1.165, 1.54) is 6.39 Å². The van der Waals surface area contributed by atoms with E-state index in [9.17, 15) is 4.79 Å². The molecule has 15 heavy (non-hydrogen) atoms. The quantitative estimate of drug-likeness (QED) is 0.813. The van der Waals surface area contributed by atoms with Crippen molar-refractivity contribution < 1.29 is 14.3 Å². The van der Waals surface area contributed by atoms with Crippen LogP contribution in [0.5, 0.6) is 0 Å². The van der Waals surface area contributed by atoms with Gasteiger partial charge < -0.3 is 9.52 Å². The van der Waals surface area contributed by atoms with Gasteiger partial charge >= 0.3 is 5.97 Å². The Morgan fingerprint density at radius 2 is 2.40 bits per heavy atom. The molecule has 4 heteroatoms. The number of carboxylic acids is 1. The summed E-state index contributed by atoms with van der Waals surface area (Å²) in [4.78, 5) is 14.7. The smallest absolute Gasteiger partial charge is 0.358 e.